The zero-order valence-electron chi connectivity index (χ0n) is 8.66. The van der Waals surface area contributed by atoms with Crippen LogP contribution in [0.5, 0.6) is 0 Å². The molecule has 82 valence electrons. The first kappa shape index (κ1) is 11.8. The molecule has 0 bridgehead atoms. The lowest BCUT2D eigenvalue weighted by molar-refractivity contribution is 0.147. The van der Waals surface area contributed by atoms with E-state index in [0.717, 1.165) is 0 Å². The molecule has 1 N–H and O–H groups in total. The molecule has 1 aromatic rings. The molecule has 0 aliphatic carbocycles. The van der Waals surface area contributed by atoms with Crippen LogP contribution in [0.2, 0.25) is 5.02 Å². The van der Waals surface area contributed by atoms with Crippen molar-refractivity contribution in [1.82, 2.24) is 4.98 Å². The molecular formula is C10H13ClN2O2. The van der Waals surface area contributed by atoms with Gasteiger partial charge in [0.05, 0.1) is 11.6 Å². The predicted octanol–water partition coefficient (Wildman–Crippen LogP) is 2.94. The molecule has 4 nitrogen and oxygen atoms in total. The summed E-state index contributed by atoms with van der Waals surface area (Å²) in [4.78, 5) is 15.1. The Bertz CT molecular complexity index is 342. The van der Waals surface area contributed by atoms with Gasteiger partial charge in [0.25, 0.3) is 0 Å². The summed E-state index contributed by atoms with van der Waals surface area (Å²) in [5.74, 6) is 0.614. The second kappa shape index (κ2) is 5.56. The minimum absolute atomic E-state index is 0.301. The molecule has 1 heterocycles. The van der Waals surface area contributed by atoms with Crippen LogP contribution in [0.15, 0.2) is 18.3 Å². The molecule has 0 unspecified atom stereocenters. The summed E-state index contributed by atoms with van der Waals surface area (Å²) in [7, 11) is 0. The van der Waals surface area contributed by atoms with Gasteiger partial charge in [0.2, 0.25) is 0 Å². The molecular weight excluding hydrogens is 216 g/mol. The van der Waals surface area contributed by atoms with Crippen LogP contribution in [0, 0.1) is 5.92 Å². The van der Waals surface area contributed by atoms with Gasteiger partial charge in [-0.3, -0.25) is 5.32 Å². The Balaban J connectivity index is 2.48. The number of rotatable bonds is 3. The number of hydrogen-bond donors (Lipinski definition) is 1. The van der Waals surface area contributed by atoms with Crippen molar-refractivity contribution in [3.63, 3.8) is 0 Å². The number of aromatic nitrogens is 1. The van der Waals surface area contributed by atoms with Gasteiger partial charge >= 0.3 is 6.09 Å². The van der Waals surface area contributed by atoms with Crippen LogP contribution in [0.4, 0.5) is 10.6 Å². The van der Waals surface area contributed by atoms with Gasteiger partial charge in [-0.05, 0) is 18.1 Å². The van der Waals surface area contributed by atoms with Crippen LogP contribution in [0.1, 0.15) is 13.8 Å². The summed E-state index contributed by atoms with van der Waals surface area (Å²) >= 11 is 5.80. The van der Waals surface area contributed by atoms with Crippen molar-refractivity contribution in [3.8, 4) is 0 Å². The number of amides is 1. The standard InChI is InChI=1S/C10H13ClN2O2/c1-7(2)6-15-10(14)13-9-8(11)4-3-5-12-9/h3-5,7H,6H2,1-2H3,(H,12,13,14). The normalized spacial score (nSPS) is 10.1. The van der Waals surface area contributed by atoms with Crippen LogP contribution in [0.25, 0.3) is 0 Å². The van der Waals surface area contributed by atoms with Crippen LogP contribution in [-0.4, -0.2) is 17.7 Å². The Kier molecular flexibility index (Phi) is 4.37. The van der Waals surface area contributed by atoms with E-state index >= 15 is 0 Å². The number of carbonyl (C=O) groups excluding carboxylic acids is 1. The fourth-order valence-corrected chi connectivity index (χ4v) is 1.02. The van der Waals surface area contributed by atoms with Crippen molar-refractivity contribution in [3.05, 3.63) is 23.4 Å². The Labute approximate surface area is 93.6 Å². The summed E-state index contributed by atoms with van der Waals surface area (Å²) in [6.45, 7) is 4.29. The summed E-state index contributed by atoms with van der Waals surface area (Å²) < 4.78 is 4.91. The average molecular weight is 229 g/mol. The maximum Gasteiger partial charge on any atom is 0.412 e. The first-order chi connectivity index (χ1) is 7.09. The highest BCUT2D eigenvalue weighted by atomic mass is 35.5. The summed E-state index contributed by atoms with van der Waals surface area (Å²) in [6, 6.07) is 3.33. The number of pyridine rings is 1. The highest BCUT2D eigenvalue weighted by molar-refractivity contribution is 6.33. The zero-order chi connectivity index (χ0) is 11.3. The third kappa shape index (κ3) is 4.16. The number of carbonyl (C=O) groups is 1. The number of halogens is 1. The van der Waals surface area contributed by atoms with E-state index in [9.17, 15) is 4.79 Å². The zero-order valence-corrected chi connectivity index (χ0v) is 9.41. The third-order valence-electron chi connectivity index (χ3n) is 1.53. The highest BCUT2D eigenvalue weighted by Gasteiger charge is 2.07. The Morgan fingerprint density at radius 2 is 2.40 bits per heavy atom. The Hall–Kier alpha value is -1.29. The van der Waals surface area contributed by atoms with Gasteiger partial charge in [-0.25, -0.2) is 9.78 Å². The molecule has 0 saturated heterocycles. The second-order valence-electron chi connectivity index (χ2n) is 3.45. The molecule has 0 saturated carbocycles. The number of anilines is 1. The number of nitrogens with zero attached hydrogens (tertiary/aromatic N) is 1. The molecule has 0 aliphatic rings. The molecule has 1 rings (SSSR count). The quantitative estimate of drug-likeness (QED) is 0.866. The van der Waals surface area contributed by atoms with Crippen LogP contribution in [-0.2, 0) is 4.74 Å². The largest absolute Gasteiger partial charge is 0.449 e. The Morgan fingerprint density at radius 3 is 3.00 bits per heavy atom. The second-order valence-corrected chi connectivity index (χ2v) is 3.86. The monoisotopic (exact) mass is 228 g/mol. The highest BCUT2D eigenvalue weighted by Crippen LogP contribution is 2.17. The van der Waals surface area contributed by atoms with Gasteiger partial charge in [0, 0.05) is 6.20 Å². The maximum atomic E-state index is 11.2. The lowest BCUT2D eigenvalue weighted by Crippen LogP contribution is -2.17. The topological polar surface area (TPSA) is 51.2 Å². The first-order valence-electron chi connectivity index (χ1n) is 4.64. The van der Waals surface area contributed by atoms with Gasteiger partial charge < -0.3 is 4.74 Å². The number of ether oxygens (including phenoxy) is 1. The molecule has 1 amide bonds. The molecule has 0 atom stereocenters. The van der Waals surface area contributed by atoms with E-state index in [0.29, 0.717) is 23.4 Å². The van der Waals surface area contributed by atoms with Crippen LogP contribution >= 0.6 is 11.6 Å². The third-order valence-corrected chi connectivity index (χ3v) is 1.83. The summed E-state index contributed by atoms with van der Waals surface area (Å²) in [5, 5.41) is 2.85. The van der Waals surface area contributed by atoms with Crippen molar-refractivity contribution in [2.75, 3.05) is 11.9 Å². The van der Waals surface area contributed by atoms with Gasteiger partial charge in [-0.2, -0.15) is 0 Å². The van der Waals surface area contributed by atoms with Crippen molar-refractivity contribution in [2.24, 2.45) is 5.92 Å². The lowest BCUT2D eigenvalue weighted by atomic mass is 10.2. The first-order valence-corrected chi connectivity index (χ1v) is 5.01. The SMILES string of the molecule is CC(C)COC(=O)Nc1ncccc1Cl. The van der Waals surface area contributed by atoms with E-state index in [-0.39, 0.29) is 0 Å². The Morgan fingerprint density at radius 1 is 1.67 bits per heavy atom. The molecule has 1 aromatic heterocycles. The predicted molar refractivity (Wildman–Crippen MR) is 59.1 cm³/mol. The molecule has 0 aliphatic heterocycles. The smallest absolute Gasteiger partial charge is 0.412 e. The van der Waals surface area contributed by atoms with Gasteiger partial charge in [0.15, 0.2) is 5.82 Å². The van der Waals surface area contributed by atoms with Crippen LogP contribution < -0.4 is 5.32 Å². The van der Waals surface area contributed by atoms with E-state index < -0.39 is 6.09 Å². The van der Waals surface area contributed by atoms with Gasteiger partial charge in [0.1, 0.15) is 0 Å². The summed E-state index contributed by atoms with van der Waals surface area (Å²) in [6.07, 6.45) is 1.01. The molecule has 0 fully saturated rings. The summed E-state index contributed by atoms with van der Waals surface area (Å²) in [5.41, 5.74) is 0. The lowest BCUT2D eigenvalue weighted by Gasteiger charge is -2.08. The fourth-order valence-electron chi connectivity index (χ4n) is 0.853. The van der Waals surface area contributed by atoms with E-state index in [1.807, 2.05) is 13.8 Å². The molecule has 0 spiro atoms. The van der Waals surface area contributed by atoms with E-state index in [4.69, 9.17) is 16.3 Å². The van der Waals surface area contributed by atoms with Gasteiger partial charge in [-0.15, -0.1) is 0 Å². The van der Waals surface area contributed by atoms with Crippen molar-refractivity contribution in [1.29, 1.82) is 0 Å². The minimum Gasteiger partial charge on any atom is -0.449 e. The van der Waals surface area contributed by atoms with Crippen molar-refractivity contribution >= 4 is 23.5 Å². The number of nitrogens with one attached hydrogen (secondary N) is 1. The van der Waals surface area contributed by atoms with E-state index in [1.54, 1.807) is 18.3 Å². The van der Waals surface area contributed by atoms with Crippen LogP contribution in [0.3, 0.4) is 0 Å². The fraction of sp³-hybridized carbons (Fsp3) is 0.400. The number of hydrogen-bond acceptors (Lipinski definition) is 3. The average Bonchev–Trinajstić information content (AvgIpc) is 2.18. The van der Waals surface area contributed by atoms with Gasteiger partial charge in [-0.1, -0.05) is 25.4 Å². The molecule has 5 heteroatoms. The minimum atomic E-state index is -0.538. The maximum absolute atomic E-state index is 11.2. The molecule has 15 heavy (non-hydrogen) atoms. The van der Waals surface area contributed by atoms with Crippen molar-refractivity contribution in [2.45, 2.75) is 13.8 Å². The molecule has 0 aromatic carbocycles. The van der Waals surface area contributed by atoms with E-state index in [1.165, 1.54) is 0 Å². The van der Waals surface area contributed by atoms with E-state index in [2.05, 4.69) is 10.3 Å². The van der Waals surface area contributed by atoms with Crippen molar-refractivity contribution < 1.29 is 9.53 Å². The molecule has 0 radical (unpaired) electrons.